The van der Waals surface area contributed by atoms with Crippen molar-refractivity contribution in [3.05, 3.63) is 72.7 Å². The number of nitrogens with zero attached hydrogens (tertiary/aromatic N) is 2. The normalized spacial score (nSPS) is 13.7. The number of methoxy groups -OCH3 is 1. The SMILES string of the molecule is C#C.C=CC(C/C=C/C(N)CNCS/C(=C(/COC)N=C)c1ccc2cnccc2c1)C(F)F. The molecule has 5 nitrogen and oxygen atoms in total. The Kier molecular flexibility index (Phi) is 14.4. The molecule has 2 unspecified atom stereocenters. The van der Waals surface area contributed by atoms with Crippen molar-refractivity contribution >= 4 is 34.2 Å². The highest BCUT2D eigenvalue weighted by Crippen LogP contribution is 2.32. The van der Waals surface area contributed by atoms with Crippen molar-refractivity contribution in [3.63, 3.8) is 0 Å². The number of aliphatic imine (C=N–C) groups is 1. The smallest absolute Gasteiger partial charge is 0.245 e. The van der Waals surface area contributed by atoms with Crippen LogP contribution < -0.4 is 11.1 Å². The Morgan fingerprint density at radius 3 is 2.74 bits per heavy atom. The van der Waals surface area contributed by atoms with E-state index >= 15 is 0 Å². The van der Waals surface area contributed by atoms with Gasteiger partial charge in [-0.05, 0) is 36.2 Å². The van der Waals surface area contributed by atoms with Crippen LogP contribution in [0, 0.1) is 18.8 Å². The molecule has 0 aliphatic heterocycles. The summed E-state index contributed by atoms with van der Waals surface area (Å²) in [4.78, 5) is 9.28. The molecule has 0 saturated heterocycles. The first-order chi connectivity index (χ1) is 16.5. The molecule has 0 aliphatic rings. The number of rotatable bonds is 14. The zero-order valence-electron chi connectivity index (χ0n) is 19.4. The highest BCUT2D eigenvalue weighted by atomic mass is 32.2. The number of pyridine rings is 1. The van der Waals surface area contributed by atoms with E-state index in [1.54, 1.807) is 37.2 Å². The van der Waals surface area contributed by atoms with Gasteiger partial charge in [0, 0.05) is 54.2 Å². The standard InChI is InChI=1S/C24H30F2N4OS.C2H2/c1-4-17(24(25)26)6-5-7-21(27)14-30-16-32-23(22(28-2)15-31-3)19-8-9-20-13-29-11-10-18(20)12-19;1-2/h4-5,7-13,17,21,24,30H,1-2,6,14-16,27H2,3H3;1-2H/b7-5+,23-22-;. The van der Waals surface area contributed by atoms with E-state index in [1.165, 1.54) is 6.08 Å². The predicted octanol–water partition coefficient (Wildman–Crippen LogP) is 5.12. The number of ether oxygens (including phenoxy) is 1. The first-order valence-electron chi connectivity index (χ1n) is 10.5. The molecule has 0 amide bonds. The number of nitrogens with one attached hydrogen (secondary N) is 1. The van der Waals surface area contributed by atoms with Crippen molar-refractivity contribution in [2.24, 2.45) is 16.6 Å². The Hall–Kier alpha value is -2.83. The van der Waals surface area contributed by atoms with Crippen LogP contribution in [0.5, 0.6) is 0 Å². The minimum atomic E-state index is -2.42. The number of halogens is 2. The van der Waals surface area contributed by atoms with E-state index in [0.717, 1.165) is 26.9 Å². The summed E-state index contributed by atoms with van der Waals surface area (Å²) in [6.45, 7) is 7.99. The zero-order valence-corrected chi connectivity index (χ0v) is 20.2. The number of hydrogen-bond donors (Lipinski definition) is 2. The van der Waals surface area contributed by atoms with Crippen LogP contribution >= 0.6 is 11.8 Å². The van der Waals surface area contributed by atoms with Crippen LogP contribution in [0.4, 0.5) is 8.78 Å². The molecule has 1 heterocycles. The van der Waals surface area contributed by atoms with Gasteiger partial charge in [0.1, 0.15) is 0 Å². The third-order valence-corrected chi connectivity index (χ3v) is 5.86. The lowest BCUT2D eigenvalue weighted by Gasteiger charge is -2.14. The van der Waals surface area contributed by atoms with Crippen molar-refractivity contribution in [2.75, 3.05) is 26.1 Å². The molecule has 0 aliphatic carbocycles. The van der Waals surface area contributed by atoms with Gasteiger partial charge in [0.15, 0.2) is 0 Å². The second kappa shape index (κ2) is 16.7. The van der Waals surface area contributed by atoms with Gasteiger partial charge in [-0.25, -0.2) is 8.78 Å². The highest BCUT2D eigenvalue weighted by molar-refractivity contribution is 8.08. The summed E-state index contributed by atoms with van der Waals surface area (Å²) in [7, 11) is 1.62. The lowest BCUT2D eigenvalue weighted by atomic mass is 10.1. The molecule has 2 rings (SSSR count). The maximum atomic E-state index is 12.7. The van der Waals surface area contributed by atoms with Crippen LogP contribution in [0.2, 0.25) is 0 Å². The van der Waals surface area contributed by atoms with Gasteiger partial charge in [0.05, 0.1) is 12.3 Å². The molecule has 2 atom stereocenters. The van der Waals surface area contributed by atoms with Crippen LogP contribution in [0.15, 0.2) is 72.2 Å². The third-order valence-electron chi connectivity index (χ3n) is 4.75. The molecule has 0 spiro atoms. The number of alkyl halides is 2. The predicted molar refractivity (Wildman–Crippen MR) is 142 cm³/mol. The van der Waals surface area contributed by atoms with Crippen LogP contribution in [0.3, 0.4) is 0 Å². The number of terminal acetylenes is 1. The molecular formula is C26H32F2N4OS. The summed E-state index contributed by atoms with van der Waals surface area (Å²) in [6.07, 6.45) is 14.1. The van der Waals surface area contributed by atoms with Crippen LogP contribution in [-0.4, -0.2) is 50.3 Å². The van der Waals surface area contributed by atoms with E-state index in [0.29, 0.717) is 19.0 Å². The minimum Gasteiger partial charge on any atom is -0.378 e. The molecule has 2 aromatic rings. The van der Waals surface area contributed by atoms with Gasteiger partial charge in [-0.15, -0.1) is 31.2 Å². The van der Waals surface area contributed by atoms with Gasteiger partial charge >= 0.3 is 0 Å². The minimum absolute atomic E-state index is 0.222. The average Bonchev–Trinajstić information content (AvgIpc) is 2.86. The molecule has 1 aromatic carbocycles. The maximum Gasteiger partial charge on any atom is 0.245 e. The van der Waals surface area contributed by atoms with E-state index in [4.69, 9.17) is 10.5 Å². The Morgan fingerprint density at radius 2 is 2.09 bits per heavy atom. The fraction of sp³-hybridized carbons (Fsp3) is 0.308. The molecular weight excluding hydrogens is 454 g/mol. The van der Waals surface area contributed by atoms with Crippen LogP contribution in [0.1, 0.15) is 12.0 Å². The lowest BCUT2D eigenvalue weighted by Crippen LogP contribution is -2.32. The van der Waals surface area contributed by atoms with Crippen molar-refractivity contribution in [1.29, 1.82) is 0 Å². The van der Waals surface area contributed by atoms with Gasteiger partial charge in [-0.2, -0.15) is 0 Å². The number of allylic oxidation sites excluding steroid dienone is 2. The number of nitrogens with two attached hydrogens (primary N) is 1. The molecule has 182 valence electrons. The second-order valence-electron chi connectivity index (χ2n) is 7.11. The number of thioether (sulfide) groups is 1. The number of benzene rings is 1. The Labute approximate surface area is 205 Å². The van der Waals surface area contributed by atoms with Crippen molar-refractivity contribution in [1.82, 2.24) is 10.3 Å². The Morgan fingerprint density at radius 1 is 1.32 bits per heavy atom. The van der Waals surface area contributed by atoms with E-state index in [-0.39, 0.29) is 12.5 Å². The summed E-state index contributed by atoms with van der Waals surface area (Å²) in [5.74, 6) is -0.265. The van der Waals surface area contributed by atoms with Gasteiger partial charge < -0.3 is 15.8 Å². The van der Waals surface area contributed by atoms with E-state index in [2.05, 4.69) is 47.5 Å². The summed E-state index contributed by atoms with van der Waals surface area (Å²) in [6, 6.07) is 7.83. The monoisotopic (exact) mass is 486 g/mol. The van der Waals surface area contributed by atoms with Gasteiger partial charge in [0.25, 0.3) is 0 Å². The van der Waals surface area contributed by atoms with Crippen LogP contribution in [-0.2, 0) is 4.74 Å². The third kappa shape index (κ3) is 9.57. The molecule has 8 heteroatoms. The topological polar surface area (TPSA) is 72.5 Å². The Bertz CT molecular complexity index is 991. The van der Waals surface area contributed by atoms with Crippen LogP contribution in [0.25, 0.3) is 15.7 Å². The molecule has 0 radical (unpaired) electrons. The first kappa shape index (κ1) is 29.2. The van der Waals surface area contributed by atoms with Crippen molar-refractivity contribution < 1.29 is 13.5 Å². The van der Waals surface area contributed by atoms with E-state index in [1.807, 2.05) is 24.4 Å². The fourth-order valence-electron chi connectivity index (χ4n) is 3.01. The summed E-state index contributed by atoms with van der Waals surface area (Å²) in [5, 5.41) is 5.43. The van der Waals surface area contributed by atoms with Gasteiger partial charge in [-0.1, -0.05) is 30.4 Å². The van der Waals surface area contributed by atoms with E-state index in [9.17, 15) is 8.78 Å². The molecule has 3 N–H and O–H groups in total. The largest absolute Gasteiger partial charge is 0.378 e. The van der Waals surface area contributed by atoms with Gasteiger partial charge in [0.2, 0.25) is 6.43 Å². The summed E-state index contributed by atoms with van der Waals surface area (Å²) in [5.41, 5.74) is 7.83. The second-order valence-corrected chi connectivity index (χ2v) is 8.09. The lowest BCUT2D eigenvalue weighted by molar-refractivity contribution is 0.102. The Balaban J connectivity index is 0.00000281. The highest BCUT2D eigenvalue weighted by Gasteiger charge is 2.14. The molecule has 0 fully saturated rings. The maximum absolute atomic E-state index is 12.7. The molecule has 0 bridgehead atoms. The van der Waals surface area contributed by atoms with Gasteiger partial charge in [-0.3, -0.25) is 9.98 Å². The molecule has 1 aromatic heterocycles. The quantitative estimate of drug-likeness (QED) is 0.127. The summed E-state index contributed by atoms with van der Waals surface area (Å²) < 4.78 is 30.8. The number of aromatic nitrogens is 1. The molecule has 34 heavy (non-hydrogen) atoms. The first-order valence-corrected chi connectivity index (χ1v) is 11.5. The van der Waals surface area contributed by atoms with Crippen molar-refractivity contribution in [2.45, 2.75) is 18.9 Å². The zero-order chi connectivity index (χ0) is 25.3. The number of fused-ring (bicyclic) bond motifs is 1. The fourth-order valence-corrected chi connectivity index (χ4v) is 3.95. The average molecular weight is 487 g/mol. The summed E-state index contributed by atoms with van der Waals surface area (Å²) >= 11 is 1.58. The van der Waals surface area contributed by atoms with Crippen molar-refractivity contribution in [3.8, 4) is 12.8 Å². The number of hydrogen-bond acceptors (Lipinski definition) is 6. The molecule has 0 saturated carbocycles. The van der Waals surface area contributed by atoms with E-state index < -0.39 is 12.3 Å².